The van der Waals surface area contributed by atoms with Gasteiger partial charge in [-0.3, -0.25) is 0 Å². The first-order valence-corrected chi connectivity index (χ1v) is 7.71. The lowest BCUT2D eigenvalue weighted by Crippen LogP contribution is -2.27. The molecule has 3 nitrogen and oxygen atoms in total. The maximum absolute atomic E-state index is 5.79. The lowest BCUT2D eigenvalue weighted by Gasteiger charge is -2.20. The van der Waals surface area contributed by atoms with Crippen LogP contribution >= 0.6 is 0 Å². The van der Waals surface area contributed by atoms with E-state index in [0.29, 0.717) is 19.1 Å². The topological polar surface area (TPSA) is 30.5 Å². The highest BCUT2D eigenvalue weighted by Crippen LogP contribution is 2.18. The van der Waals surface area contributed by atoms with Crippen LogP contribution in [0.15, 0.2) is 24.3 Å². The first kappa shape index (κ1) is 17.0. The van der Waals surface area contributed by atoms with Crippen molar-refractivity contribution >= 4 is 0 Å². The minimum Gasteiger partial charge on any atom is -0.494 e. The molecule has 0 saturated carbocycles. The van der Waals surface area contributed by atoms with Crippen LogP contribution in [0.3, 0.4) is 0 Å². The molecule has 0 aromatic heterocycles. The fourth-order valence-corrected chi connectivity index (χ4v) is 1.98. The average molecular weight is 279 g/mol. The van der Waals surface area contributed by atoms with Gasteiger partial charge in [0.05, 0.1) is 19.3 Å². The molecular weight excluding hydrogens is 250 g/mol. The molecule has 0 radical (unpaired) electrons. The summed E-state index contributed by atoms with van der Waals surface area (Å²) in [7, 11) is 0. The third kappa shape index (κ3) is 6.40. The summed E-state index contributed by atoms with van der Waals surface area (Å²) in [6.45, 7) is 11.7. The van der Waals surface area contributed by atoms with Crippen molar-refractivity contribution in [2.24, 2.45) is 5.92 Å². The van der Waals surface area contributed by atoms with Gasteiger partial charge in [0.1, 0.15) is 5.75 Å². The maximum atomic E-state index is 5.79. The van der Waals surface area contributed by atoms with Gasteiger partial charge in [-0.25, -0.2) is 0 Å². The summed E-state index contributed by atoms with van der Waals surface area (Å²) in [5.74, 6) is 1.50. The van der Waals surface area contributed by atoms with Gasteiger partial charge in [0.15, 0.2) is 0 Å². The summed E-state index contributed by atoms with van der Waals surface area (Å²) in [5, 5.41) is 3.55. The fourth-order valence-electron chi connectivity index (χ4n) is 1.98. The van der Waals surface area contributed by atoms with E-state index in [1.807, 2.05) is 19.1 Å². The summed E-state index contributed by atoms with van der Waals surface area (Å²) in [4.78, 5) is 0. The van der Waals surface area contributed by atoms with E-state index in [-0.39, 0.29) is 6.04 Å². The first-order chi connectivity index (χ1) is 9.67. The summed E-state index contributed by atoms with van der Waals surface area (Å²) >= 11 is 0. The Bertz CT molecular complexity index is 349. The molecule has 1 N–H and O–H groups in total. The van der Waals surface area contributed by atoms with Gasteiger partial charge in [-0.05, 0) is 43.5 Å². The minimum absolute atomic E-state index is 0.254. The van der Waals surface area contributed by atoms with E-state index in [4.69, 9.17) is 9.47 Å². The Kier molecular flexibility index (Phi) is 8.31. The van der Waals surface area contributed by atoms with Crippen molar-refractivity contribution in [3.63, 3.8) is 0 Å². The van der Waals surface area contributed by atoms with E-state index in [1.165, 1.54) is 5.56 Å². The van der Waals surface area contributed by atoms with E-state index in [1.54, 1.807) is 0 Å². The SMILES string of the molecule is CCCNC(COCC(C)C)c1ccc(OCC)cc1. The molecule has 0 aliphatic rings. The van der Waals surface area contributed by atoms with E-state index in [0.717, 1.165) is 25.3 Å². The molecule has 0 heterocycles. The fraction of sp³-hybridized carbons (Fsp3) is 0.647. The maximum Gasteiger partial charge on any atom is 0.119 e. The third-order valence-electron chi connectivity index (χ3n) is 2.97. The zero-order chi connectivity index (χ0) is 14.8. The molecule has 0 aliphatic carbocycles. The van der Waals surface area contributed by atoms with Crippen molar-refractivity contribution in [1.82, 2.24) is 5.32 Å². The number of ether oxygens (including phenoxy) is 2. The Morgan fingerprint density at radius 3 is 2.30 bits per heavy atom. The predicted octanol–water partition coefficient (Wildman–Crippen LogP) is 3.80. The lowest BCUT2D eigenvalue weighted by molar-refractivity contribution is 0.0901. The Labute approximate surface area is 123 Å². The number of nitrogens with one attached hydrogen (secondary N) is 1. The number of benzene rings is 1. The normalized spacial score (nSPS) is 12.7. The van der Waals surface area contributed by atoms with E-state index in [2.05, 4.69) is 38.2 Å². The van der Waals surface area contributed by atoms with Gasteiger partial charge >= 0.3 is 0 Å². The quantitative estimate of drug-likeness (QED) is 0.706. The van der Waals surface area contributed by atoms with Gasteiger partial charge in [-0.1, -0.05) is 32.9 Å². The molecule has 0 bridgehead atoms. The van der Waals surface area contributed by atoms with E-state index >= 15 is 0 Å². The van der Waals surface area contributed by atoms with Gasteiger partial charge in [-0.15, -0.1) is 0 Å². The second-order valence-corrected chi connectivity index (χ2v) is 5.44. The third-order valence-corrected chi connectivity index (χ3v) is 2.97. The van der Waals surface area contributed by atoms with Crippen LogP contribution in [0.1, 0.15) is 45.7 Å². The zero-order valence-corrected chi connectivity index (χ0v) is 13.3. The van der Waals surface area contributed by atoms with Crippen molar-refractivity contribution in [3.8, 4) is 5.75 Å². The van der Waals surface area contributed by atoms with Crippen molar-refractivity contribution in [2.75, 3.05) is 26.4 Å². The number of hydrogen-bond donors (Lipinski definition) is 1. The summed E-state index contributed by atoms with van der Waals surface area (Å²) < 4.78 is 11.3. The number of rotatable bonds is 10. The standard InChI is InChI=1S/C17H29NO2/c1-5-11-18-17(13-19-12-14(3)4)15-7-9-16(10-8-15)20-6-2/h7-10,14,17-18H,5-6,11-13H2,1-4H3. The second-order valence-electron chi connectivity index (χ2n) is 5.44. The molecule has 0 saturated heterocycles. The molecule has 0 spiro atoms. The van der Waals surface area contributed by atoms with Crippen molar-refractivity contribution in [1.29, 1.82) is 0 Å². The van der Waals surface area contributed by atoms with Crippen LogP contribution in [0.25, 0.3) is 0 Å². The van der Waals surface area contributed by atoms with Gasteiger partial charge in [-0.2, -0.15) is 0 Å². The largest absolute Gasteiger partial charge is 0.494 e. The second kappa shape index (κ2) is 9.78. The predicted molar refractivity (Wildman–Crippen MR) is 84.3 cm³/mol. The summed E-state index contributed by atoms with van der Waals surface area (Å²) in [6, 6.07) is 8.56. The first-order valence-electron chi connectivity index (χ1n) is 7.71. The minimum atomic E-state index is 0.254. The van der Waals surface area contributed by atoms with Crippen LogP contribution in [0.2, 0.25) is 0 Å². The smallest absolute Gasteiger partial charge is 0.119 e. The van der Waals surface area contributed by atoms with Crippen molar-refractivity contribution in [3.05, 3.63) is 29.8 Å². The van der Waals surface area contributed by atoms with Gasteiger partial charge in [0.25, 0.3) is 0 Å². The van der Waals surface area contributed by atoms with Crippen LogP contribution in [0.4, 0.5) is 0 Å². The molecule has 20 heavy (non-hydrogen) atoms. The van der Waals surface area contributed by atoms with Crippen molar-refractivity contribution in [2.45, 2.75) is 40.2 Å². The lowest BCUT2D eigenvalue weighted by atomic mass is 10.1. The Morgan fingerprint density at radius 1 is 1.05 bits per heavy atom. The molecule has 0 aliphatic heterocycles. The average Bonchev–Trinajstić information content (AvgIpc) is 2.43. The van der Waals surface area contributed by atoms with E-state index < -0.39 is 0 Å². The molecule has 0 fully saturated rings. The Hall–Kier alpha value is -1.06. The van der Waals surface area contributed by atoms with E-state index in [9.17, 15) is 0 Å². The Balaban J connectivity index is 2.60. The number of hydrogen-bond acceptors (Lipinski definition) is 3. The van der Waals surface area contributed by atoms with Gasteiger partial charge in [0.2, 0.25) is 0 Å². The monoisotopic (exact) mass is 279 g/mol. The van der Waals surface area contributed by atoms with Crippen LogP contribution < -0.4 is 10.1 Å². The van der Waals surface area contributed by atoms with Gasteiger partial charge < -0.3 is 14.8 Å². The highest BCUT2D eigenvalue weighted by Gasteiger charge is 2.11. The highest BCUT2D eigenvalue weighted by atomic mass is 16.5. The molecular formula is C17H29NO2. The summed E-state index contributed by atoms with van der Waals surface area (Å²) in [5.41, 5.74) is 1.26. The zero-order valence-electron chi connectivity index (χ0n) is 13.3. The van der Waals surface area contributed by atoms with Crippen LogP contribution in [0, 0.1) is 5.92 Å². The molecule has 1 unspecified atom stereocenters. The van der Waals surface area contributed by atoms with Gasteiger partial charge in [0, 0.05) is 6.61 Å². The molecule has 1 aromatic rings. The Morgan fingerprint density at radius 2 is 1.75 bits per heavy atom. The summed E-state index contributed by atoms with van der Waals surface area (Å²) in [6.07, 6.45) is 1.12. The highest BCUT2D eigenvalue weighted by molar-refractivity contribution is 5.29. The molecule has 114 valence electrons. The molecule has 0 amide bonds. The van der Waals surface area contributed by atoms with Crippen LogP contribution in [0.5, 0.6) is 5.75 Å². The molecule has 3 heteroatoms. The molecule has 1 rings (SSSR count). The molecule has 1 aromatic carbocycles. The van der Waals surface area contributed by atoms with Crippen LogP contribution in [-0.4, -0.2) is 26.4 Å². The molecule has 1 atom stereocenters. The van der Waals surface area contributed by atoms with Crippen LogP contribution in [-0.2, 0) is 4.74 Å². The van der Waals surface area contributed by atoms with Crippen molar-refractivity contribution < 1.29 is 9.47 Å².